The molecule has 1 aliphatic rings. The maximum atomic E-state index is 12.7. The molecule has 11 nitrogen and oxygen atoms in total. The zero-order valence-corrected chi connectivity index (χ0v) is 32.2. The second-order valence-corrected chi connectivity index (χ2v) is 13.4. The minimum Gasteiger partial charge on any atom is -0.479 e. The molecule has 302 valence electrons. The van der Waals surface area contributed by atoms with Crippen molar-refractivity contribution in [2.24, 2.45) is 0 Å². The summed E-state index contributed by atoms with van der Waals surface area (Å²) in [5.41, 5.74) is 0. The van der Waals surface area contributed by atoms with Crippen LogP contribution >= 0.6 is 0 Å². The molecule has 1 fully saturated rings. The fraction of sp³-hybridized carbons (Fsp3) is 0.690. The summed E-state index contributed by atoms with van der Waals surface area (Å²) in [6.45, 7) is 3.60. The van der Waals surface area contributed by atoms with Gasteiger partial charge in [-0.15, -0.1) is 0 Å². The van der Waals surface area contributed by atoms with Crippen LogP contribution in [0.15, 0.2) is 60.8 Å². The number of carbonyl (C=O) groups is 3. The van der Waals surface area contributed by atoms with Gasteiger partial charge in [-0.3, -0.25) is 9.59 Å². The Morgan fingerprint density at radius 2 is 1.11 bits per heavy atom. The van der Waals surface area contributed by atoms with Gasteiger partial charge in [0, 0.05) is 12.8 Å². The first-order valence-electron chi connectivity index (χ1n) is 19.8. The SMILES string of the molecule is CC/C=C\C/C=C\C/C=C\C/C=C\C/C=C\CCCC(=O)OCC(COC1OC(C(=O)O)C(O)C(O)C1O)OC(=O)CCCCCCCCCCCC. The number of carboxylic acid groups (broad SMARTS) is 1. The number of ether oxygens (including phenoxy) is 4. The van der Waals surface area contributed by atoms with E-state index in [0.717, 1.165) is 51.4 Å². The van der Waals surface area contributed by atoms with Crippen molar-refractivity contribution in [2.45, 2.75) is 173 Å². The quantitative estimate of drug-likeness (QED) is 0.0313. The molecule has 0 aromatic rings. The number of esters is 2. The van der Waals surface area contributed by atoms with E-state index in [2.05, 4.69) is 62.5 Å². The Balaban J connectivity index is 2.46. The van der Waals surface area contributed by atoms with E-state index in [9.17, 15) is 34.8 Å². The third-order valence-corrected chi connectivity index (χ3v) is 8.63. The van der Waals surface area contributed by atoms with Crippen LogP contribution in [-0.4, -0.2) is 88.4 Å². The molecular weight excluding hydrogens is 680 g/mol. The van der Waals surface area contributed by atoms with Crippen molar-refractivity contribution in [1.29, 1.82) is 0 Å². The fourth-order valence-electron chi connectivity index (χ4n) is 5.50. The van der Waals surface area contributed by atoms with Crippen LogP contribution in [0.5, 0.6) is 0 Å². The Labute approximate surface area is 317 Å². The van der Waals surface area contributed by atoms with Crippen molar-refractivity contribution in [3.63, 3.8) is 0 Å². The molecule has 1 rings (SSSR count). The van der Waals surface area contributed by atoms with Crippen LogP contribution in [0.25, 0.3) is 0 Å². The third kappa shape index (κ3) is 24.8. The van der Waals surface area contributed by atoms with Gasteiger partial charge in [-0.2, -0.15) is 0 Å². The molecule has 1 aliphatic heterocycles. The highest BCUT2D eigenvalue weighted by Gasteiger charge is 2.47. The van der Waals surface area contributed by atoms with E-state index < -0.39 is 61.3 Å². The number of allylic oxidation sites excluding steroid dienone is 10. The molecular formula is C42H68O11. The van der Waals surface area contributed by atoms with E-state index >= 15 is 0 Å². The van der Waals surface area contributed by atoms with Gasteiger partial charge in [-0.1, -0.05) is 132 Å². The summed E-state index contributed by atoms with van der Waals surface area (Å²) in [4.78, 5) is 36.6. The van der Waals surface area contributed by atoms with Gasteiger partial charge in [-0.05, 0) is 51.4 Å². The van der Waals surface area contributed by atoms with E-state index in [1.165, 1.54) is 38.5 Å². The molecule has 11 heteroatoms. The predicted octanol–water partition coefficient (Wildman–Crippen LogP) is 7.58. The molecule has 0 aliphatic carbocycles. The number of unbranched alkanes of at least 4 members (excludes halogenated alkanes) is 10. The van der Waals surface area contributed by atoms with Gasteiger partial charge in [0.05, 0.1) is 6.61 Å². The maximum absolute atomic E-state index is 12.7. The van der Waals surface area contributed by atoms with Crippen molar-refractivity contribution in [2.75, 3.05) is 13.2 Å². The number of hydrogen-bond donors (Lipinski definition) is 4. The van der Waals surface area contributed by atoms with E-state index in [1.807, 2.05) is 12.2 Å². The molecule has 0 bridgehead atoms. The average Bonchev–Trinajstić information content (AvgIpc) is 3.14. The van der Waals surface area contributed by atoms with Crippen molar-refractivity contribution >= 4 is 17.9 Å². The summed E-state index contributed by atoms with van der Waals surface area (Å²) >= 11 is 0. The molecule has 0 amide bonds. The van der Waals surface area contributed by atoms with Crippen molar-refractivity contribution in [3.8, 4) is 0 Å². The molecule has 53 heavy (non-hydrogen) atoms. The Bertz CT molecular complexity index is 1110. The number of carboxylic acids is 1. The number of aliphatic hydroxyl groups excluding tert-OH is 3. The van der Waals surface area contributed by atoms with Gasteiger partial charge in [0.25, 0.3) is 0 Å². The van der Waals surface area contributed by atoms with E-state index in [0.29, 0.717) is 19.3 Å². The van der Waals surface area contributed by atoms with E-state index in [4.69, 9.17) is 18.9 Å². The standard InChI is InChI=1S/C42H68O11/c1-3-5-7-9-11-13-15-16-17-18-19-20-21-23-24-26-28-30-35(43)50-32-34(33-51-42-39(47)37(45)38(46)40(53-42)41(48)49)52-36(44)31-29-27-25-22-14-12-10-8-6-4-2/h5,7,11,13,16-17,19-20,23-24,34,37-40,42,45-47H,3-4,6,8-10,12,14-15,18,21-22,25-33H2,1-2H3,(H,48,49)/b7-5-,13-11-,17-16-,20-19-,24-23-. The van der Waals surface area contributed by atoms with Gasteiger partial charge in [0.2, 0.25) is 0 Å². The summed E-state index contributed by atoms with van der Waals surface area (Å²) in [6, 6.07) is 0. The highest BCUT2D eigenvalue weighted by atomic mass is 16.7. The molecule has 0 spiro atoms. The van der Waals surface area contributed by atoms with Crippen LogP contribution < -0.4 is 0 Å². The van der Waals surface area contributed by atoms with Crippen molar-refractivity contribution in [3.05, 3.63) is 60.8 Å². The summed E-state index contributed by atoms with van der Waals surface area (Å²) in [6.07, 6.45) is 28.6. The van der Waals surface area contributed by atoms with Crippen LogP contribution in [-0.2, 0) is 33.3 Å². The summed E-state index contributed by atoms with van der Waals surface area (Å²) in [7, 11) is 0. The highest BCUT2D eigenvalue weighted by Crippen LogP contribution is 2.23. The molecule has 6 unspecified atom stereocenters. The van der Waals surface area contributed by atoms with Crippen LogP contribution in [0.3, 0.4) is 0 Å². The molecule has 0 aromatic carbocycles. The summed E-state index contributed by atoms with van der Waals surface area (Å²) in [5, 5.41) is 39.6. The van der Waals surface area contributed by atoms with Gasteiger partial charge < -0.3 is 39.4 Å². The average molecular weight is 749 g/mol. The van der Waals surface area contributed by atoms with Crippen LogP contribution in [0.4, 0.5) is 0 Å². The van der Waals surface area contributed by atoms with Crippen LogP contribution in [0.2, 0.25) is 0 Å². The third-order valence-electron chi connectivity index (χ3n) is 8.63. The molecule has 6 atom stereocenters. The molecule has 1 heterocycles. The zero-order valence-electron chi connectivity index (χ0n) is 32.2. The first-order valence-corrected chi connectivity index (χ1v) is 19.8. The highest BCUT2D eigenvalue weighted by molar-refractivity contribution is 5.73. The smallest absolute Gasteiger partial charge is 0.335 e. The van der Waals surface area contributed by atoms with E-state index in [-0.39, 0.29) is 19.4 Å². The van der Waals surface area contributed by atoms with Gasteiger partial charge >= 0.3 is 17.9 Å². The van der Waals surface area contributed by atoms with Crippen molar-refractivity contribution in [1.82, 2.24) is 0 Å². The predicted molar refractivity (Wildman–Crippen MR) is 206 cm³/mol. The second kappa shape index (κ2) is 32.3. The Kier molecular flexibility index (Phi) is 29.3. The minimum atomic E-state index is -1.87. The van der Waals surface area contributed by atoms with Crippen LogP contribution in [0, 0.1) is 0 Å². The number of carbonyl (C=O) groups excluding carboxylic acids is 2. The van der Waals surface area contributed by atoms with Gasteiger partial charge in [0.15, 0.2) is 18.5 Å². The summed E-state index contributed by atoms with van der Waals surface area (Å²) < 4.78 is 21.6. The number of rotatable bonds is 31. The second-order valence-electron chi connectivity index (χ2n) is 13.4. The molecule has 4 N–H and O–H groups in total. The lowest BCUT2D eigenvalue weighted by Gasteiger charge is -2.38. The molecule has 0 saturated carbocycles. The number of aliphatic carboxylic acids is 1. The lowest BCUT2D eigenvalue weighted by atomic mass is 9.99. The molecule has 0 aromatic heterocycles. The largest absolute Gasteiger partial charge is 0.479 e. The Morgan fingerprint density at radius 1 is 0.604 bits per heavy atom. The maximum Gasteiger partial charge on any atom is 0.335 e. The van der Waals surface area contributed by atoms with Gasteiger partial charge in [-0.25, -0.2) is 4.79 Å². The summed E-state index contributed by atoms with van der Waals surface area (Å²) in [5.74, 6) is -2.53. The molecule has 0 radical (unpaired) electrons. The monoisotopic (exact) mass is 748 g/mol. The lowest BCUT2D eigenvalue weighted by molar-refractivity contribution is -0.298. The first kappa shape index (κ1) is 47.9. The normalized spacial score (nSPS) is 21.4. The lowest BCUT2D eigenvalue weighted by Crippen LogP contribution is -2.60. The van der Waals surface area contributed by atoms with E-state index in [1.54, 1.807) is 0 Å². The Hall–Kier alpha value is -3.09. The molecule has 1 saturated heterocycles. The number of hydrogen-bond acceptors (Lipinski definition) is 10. The first-order chi connectivity index (χ1) is 25.7. The topological polar surface area (TPSA) is 169 Å². The minimum absolute atomic E-state index is 0.156. The van der Waals surface area contributed by atoms with Crippen LogP contribution in [0.1, 0.15) is 136 Å². The number of aliphatic hydroxyl groups is 3. The zero-order chi connectivity index (χ0) is 38.9. The fourth-order valence-corrected chi connectivity index (χ4v) is 5.50. The Morgan fingerprint density at radius 3 is 1.66 bits per heavy atom. The van der Waals surface area contributed by atoms with Crippen molar-refractivity contribution < 1.29 is 53.8 Å². The van der Waals surface area contributed by atoms with Gasteiger partial charge in [0.1, 0.15) is 24.9 Å².